The van der Waals surface area contributed by atoms with Crippen LogP contribution in [0.15, 0.2) is 6.33 Å². The van der Waals surface area contributed by atoms with Gasteiger partial charge in [-0.25, -0.2) is 4.98 Å². The number of nitrogens with one attached hydrogen (secondary N) is 2. The molecule has 0 aromatic carbocycles. The van der Waals surface area contributed by atoms with E-state index in [0.717, 1.165) is 0 Å². The average Bonchev–Trinajstić information content (AvgIpc) is 2.70. The molecule has 0 saturated heterocycles. The molecule has 0 aliphatic carbocycles. The first-order valence-corrected chi connectivity index (χ1v) is 5.23. The van der Waals surface area contributed by atoms with Crippen LogP contribution in [-0.2, 0) is 0 Å². The maximum absolute atomic E-state index is 12.0. The van der Waals surface area contributed by atoms with Gasteiger partial charge in [0.15, 0.2) is 11.5 Å². The molecule has 18 heavy (non-hydrogen) atoms. The Balaban J connectivity index is 2.01. The highest BCUT2D eigenvalue weighted by molar-refractivity contribution is 5.83. The molecule has 0 amide bonds. The van der Waals surface area contributed by atoms with E-state index in [4.69, 9.17) is 5.73 Å². The Morgan fingerprint density at radius 3 is 2.83 bits per heavy atom. The fourth-order valence-corrected chi connectivity index (χ4v) is 1.47. The van der Waals surface area contributed by atoms with Crippen molar-refractivity contribution in [3.8, 4) is 0 Å². The van der Waals surface area contributed by atoms with Crippen LogP contribution in [-0.4, -0.2) is 32.7 Å². The number of rotatable bonds is 4. The minimum absolute atomic E-state index is 0.0212. The van der Waals surface area contributed by atoms with Gasteiger partial charge in [-0.15, -0.1) is 0 Å². The highest BCUT2D eigenvalue weighted by atomic mass is 19.4. The molecular weight excluding hydrogens is 249 g/mol. The largest absolute Gasteiger partial charge is 0.389 e. The third kappa shape index (κ3) is 2.99. The normalized spacial score (nSPS) is 11.9. The van der Waals surface area contributed by atoms with Gasteiger partial charge in [0, 0.05) is 13.0 Å². The van der Waals surface area contributed by atoms with Crippen LogP contribution < -0.4 is 11.1 Å². The number of hydrogen-bond donors (Lipinski definition) is 3. The van der Waals surface area contributed by atoms with Crippen LogP contribution in [0.25, 0.3) is 11.2 Å². The Kier molecular flexibility index (Phi) is 3.21. The molecule has 0 saturated carbocycles. The van der Waals surface area contributed by atoms with Crippen molar-refractivity contribution in [3.63, 3.8) is 0 Å². The molecular formula is C9H11F3N6. The summed E-state index contributed by atoms with van der Waals surface area (Å²) in [5, 5.41) is 2.78. The molecule has 6 nitrogen and oxygen atoms in total. The van der Waals surface area contributed by atoms with Crippen molar-refractivity contribution in [1.29, 1.82) is 0 Å². The van der Waals surface area contributed by atoms with Crippen molar-refractivity contribution in [2.24, 2.45) is 0 Å². The number of imidazole rings is 1. The van der Waals surface area contributed by atoms with E-state index >= 15 is 0 Å². The first-order valence-electron chi connectivity index (χ1n) is 5.23. The molecule has 2 aromatic heterocycles. The SMILES string of the molecule is Nc1nc(NCCCC(F)(F)F)c2[nH]cnc2n1. The van der Waals surface area contributed by atoms with Gasteiger partial charge in [-0.2, -0.15) is 23.1 Å². The fraction of sp³-hybridized carbons (Fsp3) is 0.444. The van der Waals surface area contributed by atoms with Crippen molar-refractivity contribution >= 4 is 22.9 Å². The van der Waals surface area contributed by atoms with Gasteiger partial charge in [0.05, 0.1) is 6.33 Å². The predicted octanol–water partition coefficient (Wildman–Crippen LogP) is 1.69. The monoisotopic (exact) mass is 260 g/mol. The number of fused-ring (bicyclic) bond motifs is 1. The maximum atomic E-state index is 12.0. The van der Waals surface area contributed by atoms with Crippen molar-refractivity contribution in [2.45, 2.75) is 19.0 Å². The second-order valence-electron chi connectivity index (χ2n) is 3.68. The van der Waals surface area contributed by atoms with E-state index in [2.05, 4.69) is 25.3 Å². The van der Waals surface area contributed by atoms with Crippen LogP contribution >= 0.6 is 0 Å². The Hall–Kier alpha value is -2.06. The molecule has 4 N–H and O–H groups in total. The highest BCUT2D eigenvalue weighted by Gasteiger charge is 2.25. The van der Waals surface area contributed by atoms with Crippen molar-refractivity contribution < 1.29 is 13.2 Å². The number of alkyl halides is 3. The van der Waals surface area contributed by atoms with E-state index in [1.807, 2.05) is 0 Å². The highest BCUT2D eigenvalue weighted by Crippen LogP contribution is 2.22. The lowest BCUT2D eigenvalue weighted by atomic mass is 10.3. The number of hydrogen-bond acceptors (Lipinski definition) is 5. The molecule has 98 valence electrons. The van der Waals surface area contributed by atoms with E-state index in [-0.39, 0.29) is 18.9 Å². The first kappa shape index (κ1) is 12.4. The summed E-state index contributed by atoms with van der Waals surface area (Å²) < 4.78 is 35.9. The standard InChI is InChI=1S/C9H11F3N6/c10-9(11,12)2-1-3-14-6-5-7(16-4-15-5)18-8(13)17-6/h4H,1-3H2,(H4,13,14,15,16,17,18). The zero-order valence-electron chi connectivity index (χ0n) is 9.25. The quantitative estimate of drug-likeness (QED) is 0.727. The molecule has 0 atom stereocenters. The molecule has 0 aliphatic heterocycles. The molecule has 0 spiro atoms. The topological polar surface area (TPSA) is 92.5 Å². The number of nitrogens with zero attached hydrogens (tertiary/aromatic N) is 3. The van der Waals surface area contributed by atoms with Gasteiger partial charge in [-0.05, 0) is 6.42 Å². The van der Waals surface area contributed by atoms with Gasteiger partial charge in [0.2, 0.25) is 5.95 Å². The second-order valence-corrected chi connectivity index (χ2v) is 3.68. The van der Waals surface area contributed by atoms with E-state index in [0.29, 0.717) is 17.0 Å². The van der Waals surface area contributed by atoms with Gasteiger partial charge in [0.1, 0.15) is 5.52 Å². The van der Waals surface area contributed by atoms with Crippen molar-refractivity contribution in [1.82, 2.24) is 19.9 Å². The molecule has 2 heterocycles. The molecule has 0 unspecified atom stereocenters. The Morgan fingerprint density at radius 2 is 2.11 bits per heavy atom. The lowest BCUT2D eigenvalue weighted by Gasteiger charge is -2.08. The number of anilines is 2. The van der Waals surface area contributed by atoms with E-state index in [1.54, 1.807) is 0 Å². The number of aromatic amines is 1. The molecule has 0 fully saturated rings. The molecule has 0 bridgehead atoms. The van der Waals surface area contributed by atoms with E-state index in [1.165, 1.54) is 6.33 Å². The fourth-order valence-electron chi connectivity index (χ4n) is 1.47. The minimum atomic E-state index is -4.14. The minimum Gasteiger partial charge on any atom is -0.368 e. The summed E-state index contributed by atoms with van der Waals surface area (Å²) in [5.41, 5.74) is 6.36. The Labute approximate surface area is 99.8 Å². The van der Waals surface area contributed by atoms with Crippen molar-refractivity contribution in [2.75, 3.05) is 17.6 Å². The van der Waals surface area contributed by atoms with Crippen LogP contribution in [0.5, 0.6) is 0 Å². The number of aromatic nitrogens is 4. The number of nitrogens with two attached hydrogens (primary N) is 1. The summed E-state index contributed by atoms with van der Waals surface area (Å²) in [5.74, 6) is 0.380. The summed E-state index contributed by atoms with van der Waals surface area (Å²) >= 11 is 0. The Morgan fingerprint density at radius 1 is 1.33 bits per heavy atom. The summed E-state index contributed by atoms with van der Waals surface area (Å²) in [6.45, 7) is 0.143. The first-order chi connectivity index (χ1) is 8.46. The van der Waals surface area contributed by atoms with E-state index in [9.17, 15) is 13.2 Å². The lowest BCUT2D eigenvalue weighted by Crippen LogP contribution is -2.12. The molecule has 2 rings (SSSR count). The molecule has 0 radical (unpaired) electrons. The van der Waals surface area contributed by atoms with Crippen LogP contribution in [0.1, 0.15) is 12.8 Å². The van der Waals surface area contributed by atoms with Gasteiger partial charge >= 0.3 is 6.18 Å². The van der Waals surface area contributed by atoms with Crippen LogP contribution in [0.2, 0.25) is 0 Å². The van der Waals surface area contributed by atoms with Crippen molar-refractivity contribution in [3.05, 3.63) is 6.33 Å². The summed E-state index contributed by atoms with van der Waals surface area (Å²) in [6.07, 6.45) is -3.61. The smallest absolute Gasteiger partial charge is 0.368 e. The molecule has 9 heteroatoms. The van der Waals surface area contributed by atoms with E-state index < -0.39 is 12.6 Å². The van der Waals surface area contributed by atoms with Crippen LogP contribution in [0, 0.1) is 0 Å². The lowest BCUT2D eigenvalue weighted by molar-refractivity contribution is -0.134. The third-order valence-electron chi connectivity index (χ3n) is 2.23. The summed E-state index contributed by atoms with van der Waals surface area (Å²) in [7, 11) is 0. The number of H-pyrrole nitrogens is 1. The zero-order valence-corrected chi connectivity index (χ0v) is 9.25. The average molecular weight is 260 g/mol. The number of halogens is 3. The second kappa shape index (κ2) is 4.67. The van der Waals surface area contributed by atoms with Crippen LogP contribution in [0.3, 0.4) is 0 Å². The summed E-state index contributed by atoms with van der Waals surface area (Å²) in [6, 6.07) is 0. The Bertz CT molecular complexity index is 535. The predicted molar refractivity (Wildman–Crippen MR) is 59.9 cm³/mol. The van der Waals surface area contributed by atoms with Gasteiger partial charge < -0.3 is 16.0 Å². The van der Waals surface area contributed by atoms with Gasteiger partial charge in [-0.3, -0.25) is 0 Å². The van der Waals surface area contributed by atoms with Crippen LogP contribution in [0.4, 0.5) is 24.9 Å². The van der Waals surface area contributed by atoms with Gasteiger partial charge in [-0.1, -0.05) is 0 Å². The van der Waals surface area contributed by atoms with Gasteiger partial charge in [0.25, 0.3) is 0 Å². The maximum Gasteiger partial charge on any atom is 0.389 e. The summed E-state index contributed by atoms with van der Waals surface area (Å²) in [4.78, 5) is 14.5. The number of nitrogen functional groups attached to an aromatic ring is 1. The zero-order chi connectivity index (χ0) is 13.2. The molecule has 2 aromatic rings. The molecule has 0 aliphatic rings. The third-order valence-corrected chi connectivity index (χ3v) is 2.23.